The Morgan fingerprint density at radius 2 is 0.911 bits per heavy atom. The van der Waals surface area contributed by atoms with Crippen molar-refractivity contribution in [2.24, 2.45) is 0 Å². The van der Waals surface area contributed by atoms with Gasteiger partial charge in [-0.3, -0.25) is 0 Å². The van der Waals surface area contributed by atoms with Crippen LogP contribution in [-0.2, 0) is 10.8 Å². The lowest BCUT2D eigenvalue weighted by Crippen LogP contribution is -2.16. The Morgan fingerprint density at radius 1 is 0.375 bits per heavy atom. The quantitative estimate of drug-likeness (QED) is 0.170. The average Bonchev–Trinajstić information content (AvgIpc) is 3.80. The lowest BCUT2D eigenvalue weighted by atomic mass is 9.81. The smallest absolute Gasteiger partial charge is 0.0476 e. The first-order chi connectivity index (χ1) is 27.3. The summed E-state index contributed by atoms with van der Waals surface area (Å²) in [6, 6.07) is 65.5. The molecule has 0 atom stereocenters. The Labute approximate surface area is 333 Å². The van der Waals surface area contributed by atoms with E-state index in [-0.39, 0.29) is 10.8 Å². The average molecular weight is 736 g/mol. The Bertz CT molecular complexity index is 3000. The van der Waals surface area contributed by atoms with Gasteiger partial charge in [-0.1, -0.05) is 161 Å². The minimum atomic E-state index is -0.0964. The summed E-state index contributed by atoms with van der Waals surface area (Å²) in [6.45, 7) is 9.51. The fourth-order valence-electron chi connectivity index (χ4n) is 9.84. The van der Waals surface area contributed by atoms with Crippen molar-refractivity contribution in [1.29, 1.82) is 0 Å². The van der Waals surface area contributed by atoms with E-state index in [1.165, 1.54) is 92.6 Å². The summed E-state index contributed by atoms with van der Waals surface area (Å²) in [7, 11) is 0. The minimum absolute atomic E-state index is 0.0886. The molecule has 0 amide bonds. The molecular formula is C54H41NS. The predicted octanol–water partition coefficient (Wildman–Crippen LogP) is 15.5. The van der Waals surface area contributed by atoms with E-state index in [0.717, 1.165) is 11.4 Å². The second-order valence-corrected chi connectivity index (χ2v) is 17.6. The number of rotatable bonds is 5. The van der Waals surface area contributed by atoms with Crippen molar-refractivity contribution >= 4 is 48.6 Å². The van der Waals surface area contributed by atoms with Crippen LogP contribution in [0, 0.1) is 0 Å². The molecule has 0 unspecified atom stereocenters. The molecule has 0 saturated heterocycles. The summed E-state index contributed by atoms with van der Waals surface area (Å²) in [5.41, 5.74) is 19.3. The van der Waals surface area contributed by atoms with Crippen LogP contribution < -0.4 is 4.90 Å². The van der Waals surface area contributed by atoms with E-state index in [9.17, 15) is 0 Å². The summed E-state index contributed by atoms with van der Waals surface area (Å²) < 4.78 is 2.63. The lowest BCUT2D eigenvalue weighted by molar-refractivity contribution is 0.660. The van der Waals surface area contributed by atoms with Gasteiger partial charge >= 0.3 is 0 Å². The van der Waals surface area contributed by atoms with Crippen LogP contribution in [-0.4, -0.2) is 0 Å². The first-order valence-electron chi connectivity index (χ1n) is 19.7. The third kappa shape index (κ3) is 4.79. The molecule has 0 bridgehead atoms. The van der Waals surface area contributed by atoms with Crippen LogP contribution in [0.3, 0.4) is 0 Å². The van der Waals surface area contributed by atoms with Crippen LogP contribution in [0.25, 0.3) is 64.7 Å². The van der Waals surface area contributed by atoms with E-state index in [0.29, 0.717) is 0 Å². The Kier molecular flexibility index (Phi) is 7.18. The van der Waals surface area contributed by atoms with Crippen molar-refractivity contribution < 1.29 is 0 Å². The molecule has 8 aromatic carbocycles. The maximum atomic E-state index is 2.50. The summed E-state index contributed by atoms with van der Waals surface area (Å²) in [5, 5.41) is 2.66. The molecule has 2 heteroatoms. The Morgan fingerprint density at radius 3 is 1.64 bits per heavy atom. The minimum Gasteiger partial charge on any atom is -0.310 e. The highest BCUT2D eigenvalue weighted by Crippen LogP contribution is 2.57. The van der Waals surface area contributed by atoms with Gasteiger partial charge in [0.25, 0.3) is 0 Å². The summed E-state index contributed by atoms with van der Waals surface area (Å²) in [5.74, 6) is 0. The molecule has 0 spiro atoms. The van der Waals surface area contributed by atoms with Crippen LogP contribution in [0.5, 0.6) is 0 Å². The number of anilines is 3. The molecule has 0 saturated carbocycles. The van der Waals surface area contributed by atoms with Gasteiger partial charge in [-0.25, -0.2) is 0 Å². The highest BCUT2D eigenvalue weighted by atomic mass is 32.1. The Balaban J connectivity index is 1.13. The van der Waals surface area contributed by atoms with Crippen molar-refractivity contribution in [3.63, 3.8) is 0 Å². The molecule has 2 aliphatic rings. The number of fused-ring (bicyclic) bond motifs is 9. The second kappa shape index (κ2) is 12.1. The van der Waals surface area contributed by atoms with Crippen LogP contribution >= 0.6 is 11.3 Å². The zero-order chi connectivity index (χ0) is 37.8. The summed E-state index contributed by atoms with van der Waals surface area (Å²) in [4.78, 5) is 2.45. The molecule has 11 rings (SSSR count). The third-order valence-corrected chi connectivity index (χ3v) is 13.8. The molecule has 9 aromatic rings. The van der Waals surface area contributed by atoms with Crippen molar-refractivity contribution in [2.75, 3.05) is 4.90 Å². The molecule has 1 heterocycles. The van der Waals surface area contributed by atoms with Gasteiger partial charge < -0.3 is 4.90 Å². The molecular weight excluding hydrogens is 695 g/mol. The molecule has 2 aliphatic carbocycles. The van der Waals surface area contributed by atoms with Gasteiger partial charge in [0.1, 0.15) is 0 Å². The van der Waals surface area contributed by atoms with Crippen LogP contribution in [0.2, 0.25) is 0 Å². The van der Waals surface area contributed by atoms with E-state index < -0.39 is 0 Å². The second-order valence-electron chi connectivity index (χ2n) is 16.5. The summed E-state index contributed by atoms with van der Waals surface area (Å²) >= 11 is 1.92. The highest BCUT2D eigenvalue weighted by Gasteiger charge is 2.39. The summed E-state index contributed by atoms with van der Waals surface area (Å²) in [6.07, 6.45) is 0. The first-order valence-corrected chi connectivity index (χ1v) is 20.5. The van der Waals surface area contributed by atoms with Gasteiger partial charge in [-0.05, 0) is 109 Å². The van der Waals surface area contributed by atoms with E-state index in [4.69, 9.17) is 0 Å². The number of thiophene rings is 1. The fraction of sp³-hybridized carbons (Fsp3) is 0.111. The molecule has 268 valence electrons. The van der Waals surface area contributed by atoms with Crippen molar-refractivity contribution in [3.8, 4) is 44.5 Å². The molecule has 1 nitrogen and oxygen atoms in total. The van der Waals surface area contributed by atoms with Gasteiger partial charge in [0, 0.05) is 48.1 Å². The third-order valence-electron chi connectivity index (χ3n) is 12.7. The zero-order valence-corrected chi connectivity index (χ0v) is 32.9. The molecule has 0 radical (unpaired) electrons. The van der Waals surface area contributed by atoms with Crippen molar-refractivity contribution in [3.05, 3.63) is 198 Å². The van der Waals surface area contributed by atoms with E-state index in [1.807, 2.05) is 11.3 Å². The van der Waals surface area contributed by atoms with Gasteiger partial charge in [-0.15, -0.1) is 11.3 Å². The number of nitrogens with zero attached hydrogens (tertiary/aromatic N) is 1. The predicted molar refractivity (Wildman–Crippen MR) is 240 cm³/mol. The van der Waals surface area contributed by atoms with Crippen molar-refractivity contribution in [2.45, 2.75) is 38.5 Å². The topological polar surface area (TPSA) is 3.24 Å². The molecule has 0 fully saturated rings. The van der Waals surface area contributed by atoms with Crippen LogP contribution in [0.15, 0.2) is 176 Å². The standard InChI is InChI=1S/C54H41NS/c1-53(2)44-21-13-11-19-40(44)41-29-27-38(31-46(41)53)55(37-25-23-35(24-26-37)34-15-7-5-8-16-34)39-28-30-43-48(32-39)56-49-33-47-51(42-20-12-14-22-45(42)54(47,3)4)50(52(43)49)36-17-9-6-10-18-36/h5-33H,1-4H3. The molecule has 0 N–H and O–H groups in total. The Hall–Kier alpha value is -6.22. The number of hydrogen-bond acceptors (Lipinski definition) is 2. The lowest BCUT2D eigenvalue weighted by Gasteiger charge is -2.28. The van der Waals surface area contributed by atoms with Crippen molar-refractivity contribution in [1.82, 2.24) is 0 Å². The first kappa shape index (κ1) is 33.1. The molecule has 56 heavy (non-hydrogen) atoms. The maximum absolute atomic E-state index is 2.50. The molecule has 1 aromatic heterocycles. The van der Waals surface area contributed by atoms with E-state index in [2.05, 4.69) is 209 Å². The molecule has 0 aliphatic heterocycles. The van der Waals surface area contributed by atoms with E-state index in [1.54, 1.807) is 0 Å². The fourth-order valence-corrected chi connectivity index (χ4v) is 11.0. The largest absolute Gasteiger partial charge is 0.310 e. The van der Waals surface area contributed by atoms with Gasteiger partial charge in [-0.2, -0.15) is 0 Å². The highest BCUT2D eigenvalue weighted by molar-refractivity contribution is 7.26. The number of hydrogen-bond donors (Lipinski definition) is 0. The van der Waals surface area contributed by atoms with Gasteiger partial charge in [0.2, 0.25) is 0 Å². The zero-order valence-electron chi connectivity index (χ0n) is 32.1. The number of benzene rings is 8. The van der Waals surface area contributed by atoms with Crippen LogP contribution in [0.4, 0.5) is 17.1 Å². The normalized spacial score (nSPS) is 14.4. The van der Waals surface area contributed by atoms with Gasteiger partial charge in [0.15, 0.2) is 0 Å². The van der Waals surface area contributed by atoms with E-state index >= 15 is 0 Å². The maximum Gasteiger partial charge on any atom is 0.0476 e. The monoisotopic (exact) mass is 735 g/mol. The van der Waals surface area contributed by atoms with Gasteiger partial charge in [0.05, 0.1) is 0 Å². The van der Waals surface area contributed by atoms with Crippen LogP contribution in [0.1, 0.15) is 49.9 Å². The SMILES string of the molecule is CC1(C)c2ccccc2-c2ccc(N(c3ccc(-c4ccccc4)cc3)c3ccc4c(c3)sc3cc5c(c(-c6ccccc6)c34)-c3ccccc3C5(C)C)cc21.